The van der Waals surface area contributed by atoms with Crippen LogP contribution in [0.2, 0.25) is 0 Å². The predicted octanol–water partition coefficient (Wildman–Crippen LogP) is 2.03. The molecule has 2 N–H and O–H groups in total. The first kappa shape index (κ1) is 16.7. The summed E-state index contributed by atoms with van der Waals surface area (Å²) in [6, 6.07) is 7.58. The molecular formula is C16H26N2O2. The van der Waals surface area contributed by atoms with Gasteiger partial charge in [-0.05, 0) is 17.0 Å². The quantitative estimate of drug-likeness (QED) is 0.896. The summed E-state index contributed by atoms with van der Waals surface area (Å²) in [4.78, 5) is 14.2. The Balaban J connectivity index is 2.92. The van der Waals surface area contributed by atoms with Crippen molar-refractivity contribution in [1.29, 1.82) is 0 Å². The number of methoxy groups -OCH3 is 1. The zero-order chi connectivity index (χ0) is 15.3. The normalized spacial score (nSPS) is 13.1. The summed E-state index contributed by atoms with van der Waals surface area (Å²) >= 11 is 0. The van der Waals surface area contributed by atoms with E-state index < -0.39 is 0 Å². The van der Waals surface area contributed by atoms with Gasteiger partial charge in [0, 0.05) is 32.3 Å². The van der Waals surface area contributed by atoms with Gasteiger partial charge in [-0.25, -0.2) is 0 Å². The fourth-order valence-electron chi connectivity index (χ4n) is 2.23. The third kappa shape index (κ3) is 4.32. The number of hydrogen-bond donors (Lipinski definition) is 1. The number of nitrogens with two attached hydrogens (primary N) is 1. The Kier molecular flexibility index (Phi) is 5.72. The number of benzene rings is 1. The van der Waals surface area contributed by atoms with Crippen LogP contribution < -0.4 is 5.73 Å². The third-order valence-electron chi connectivity index (χ3n) is 3.20. The van der Waals surface area contributed by atoms with E-state index in [4.69, 9.17) is 10.5 Å². The molecule has 112 valence electrons. The number of likely N-dealkylation sites (N-methyl/N-ethyl adjacent to an activating group) is 1. The van der Waals surface area contributed by atoms with Crippen LogP contribution in [-0.2, 0) is 10.2 Å². The molecule has 0 radical (unpaired) electrons. The van der Waals surface area contributed by atoms with Gasteiger partial charge in [0.15, 0.2) is 0 Å². The van der Waals surface area contributed by atoms with Crippen molar-refractivity contribution in [2.45, 2.75) is 32.2 Å². The maximum absolute atomic E-state index is 12.6. The monoisotopic (exact) mass is 278 g/mol. The summed E-state index contributed by atoms with van der Waals surface area (Å²) < 4.78 is 5.00. The van der Waals surface area contributed by atoms with Gasteiger partial charge in [-0.1, -0.05) is 39.0 Å². The van der Waals surface area contributed by atoms with Crippen LogP contribution in [0.4, 0.5) is 0 Å². The lowest BCUT2D eigenvalue weighted by Crippen LogP contribution is -2.41. The average molecular weight is 278 g/mol. The van der Waals surface area contributed by atoms with E-state index in [1.807, 2.05) is 24.3 Å². The van der Waals surface area contributed by atoms with E-state index in [1.54, 1.807) is 19.1 Å². The Morgan fingerprint density at radius 3 is 2.50 bits per heavy atom. The Labute approximate surface area is 121 Å². The minimum atomic E-state index is -0.171. The molecule has 0 saturated carbocycles. The minimum Gasteiger partial charge on any atom is -0.383 e. The molecular weight excluding hydrogens is 252 g/mol. The van der Waals surface area contributed by atoms with Gasteiger partial charge in [0.25, 0.3) is 5.91 Å². The first-order valence-electron chi connectivity index (χ1n) is 6.87. The molecule has 0 aliphatic carbocycles. The largest absolute Gasteiger partial charge is 0.383 e. The fourth-order valence-corrected chi connectivity index (χ4v) is 2.23. The lowest BCUT2D eigenvalue weighted by atomic mass is 9.83. The molecule has 0 aliphatic rings. The van der Waals surface area contributed by atoms with Crippen molar-refractivity contribution in [2.24, 2.45) is 5.73 Å². The van der Waals surface area contributed by atoms with Crippen LogP contribution >= 0.6 is 0 Å². The van der Waals surface area contributed by atoms with E-state index >= 15 is 0 Å². The van der Waals surface area contributed by atoms with Crippen molar-refractivity contribution in [3.8, 4) is 0 Å². The van der Waals surface area contributed by atoms with Crippen LogP contribution in [0.5, 0.6) is 0 Å². The molecule has 0 aromatic heterocycles. The van der Waals surface area contributed by atoms with Crippen molar-refractivity contribution in [1.82, 2.24) is 4.90 Å². The second kappa shape index (κ2) is 6.86. The molecule has 1 amide bonds. The molecule has 0 aliphatic heterocycles. The highest BCUT2D eigenvalue weighted by Crippen LogP contribution is 2.26. The predicted molar refractivity (Wildman–Crippen MR) is 82.0 cm³/mol. The maximum Gasteiger partial charge on any atom is 0.253 e. The van der Waals surface area contributed by atoms with Gasteiger partial charge in [0.2, 0.25) is 0 Å². The molecule has 0 fully saturated rings. The molecule has 1 atom stereocenters. The summed E-state index contributed by atoms with van der Waals surface area (Å²) in [5.74, 6) is 0.00192. The fraction of sp³-hybridized carbons (Fsp3) is 0.562. The average Bonchev–Trinajstić information content (AvgIpc) is 2.37. The summed E-state index contributed by atoms with van der Waals surface area (Å²) in [6.07, 6.45) is 0. The van der Waals surface area contributed by atoms with Crippen molar-refractivity contribution < 1.29 is 9.53 Å². The number of carbonyl (C=O) groups excluding carboxylic acids is 1. The standard InChI is InChI=1S/C16H26N2O2/c1-16(2,3)14-9-7-6-8-13(14)15(19)18(4)10-12(17)11-20-5/h6-9,12H,10-11,17H2,1-5H3. The van der Waals surface area contributed by atoms with Crippen molar-refractivity contribution in [2.75, 3.05) is 27.3 Å². The Bertz CT molecular complexity index is 452. The van der Waals surface area contributed by atoms with Gasteiger partial charge < -0.3 is 15.4 Å². The van der Waals surface area contributed by atoms with Crippen LogP contribution in [0.3, 0.4) is 0 Å². The summed E-state index contributed by atoms with van der Waals surface area (Å²) in [5, 5.41) is 0. The highest BCUT2D eigenvalue weighted by molar-refractivity contribution is 5.95. The van der Waals surface area contributed by atoms with Crippen LogP contribution in [0.25, 0.3) is 0 Å². The van der Waals surface area contributed by atoms with Gasteiger partial charge in [-0.3, -0.25) is 4.79 Å². The SMILES string of the molecule is COCC(N)CN(C)C(=O)c1ccccc1C(C)(C)C. The van der Waals surface area contributed by atoms with Crippen molar-refractivity contribution in [3.05, 3.63) is 35.4 Å². The highest BCUT2D eigenvalue weighted by atomic mass is 16.5. The van der Waals surface area contributed by atoms with Gasteiger partial charge in [-0.15, -0.1) is 0 Å². The van der Waals surface area contributed by atoms with E-state index in [-0.39, 0.29) is 17.4 Å². The molecule has 0 saturated heterocycles. The second-order valence-electron chi connectivity index (χ2n) is 6.20. The lowest BCUT2D eigenvalue weighted by Gasteiger charge is -2.26. The van der Waals surface area contributed by atoms with E-state index in [0.29, 0.717) is 13.2 Å². The zero-order valence-electron chi connectivity index (χ0n) is 13.1. The second-order valence-corrected chi connectivity index (χ2v) is 6.20. The smallest absolute Gasteiger partial charge is 0.253 e. The molecule has 0 heterocycles. The van der Waals surface area contributed by atoms with Gasteiger partial charge in [0.1, 0.15) is 0 Å². The van der Waals surface area contributed by atoms with Gasteiger partial charge in [-0.2, -0.15) is 0 Å². The Morgan fingerprint density at radius 2 is 1.95 bits per heavy atom. The molecule has 20 heavy (non-hydrogen) atoms. The molecule has 1 unspecified atom stereocenters. The molecule has 1 aromatic carbocycles. The molecule has 1 aromatic rings. The van der Waals surface area contributed by atoms with Crippen LogP contribution in [-0.4, -0.2) is 44.2 Å². The van der Waals surface area contributed by atoms with E-state index in [2.05, 4.69) is 20.8 Å². The molecule has 0 bridgehead atoms. The highest BCUT2D eigenvalue weighted by Gasteiger charge is 2.23. The van der Waals surface area contributed by atoms with Gasteiger partial charge in [0.05, 0.1) is 6.61 Å². The summed E-state index contributed by atoms with van der Waals surface area (Å²) in [6.45, 7) is 7.24. The van der Waals surface area contributed by atoms with Crippen LogP contribution in [0.1, 0.15) is 36.7 Å². The first-order valence-corrected chi connectivity index (χ1v) is 6.87. The summed E-state index contributed by atoms with van der Waals surface area (Å²) in [7, 11) is 3.38. The molecule has 4 nitrogen and oxygen atoms in total. The lowest BCUT2D eigenvalue weighted by molar-refractivity contribution is 0.0762. The van der Waals surface area contributed by atoms with E-state index in [9.17, 15) is 4.79 Å². The zero-order valence-corrected chi connectivity index (χ0v) is 13.1. The van der Waals surface area contributed by atoms with E-state index in [0.717, 1.165) is 11.1 Å². The van der Waals surface area contributed by atoms with Crippen LogP contribution in [0.15, 0.2) is 24.3 Å². The Morgan fingerprint density at radius 1 is 1.35 bits per heavy atom. The minimum absolute atomic E-state index is 0.00192. The third-order valence-corrected chi connectivity index (χ3v) is 3.20. The van der Waals surface area contributed by atoms with Crippen molar-refractivity contribution in [3.63, 3.8) is 0 Å². The Hall–Kier alpha value is -1.39. The molecule has 4 heteroatoms. The topological polar surface area (TPSA) is 55.6 Å². The molecule has 0 spiro atoms. The van der Waals surface area contributed by atoms with Crippen molar-refractivity contribution >= 4 is 5.91 Å². The summed E-state index contributed by atoms with van der Waals surface area (Å²) in [5.41, 5.74) is 7.63. The number of hydrogen-bond acceptors (Lipinski definition) is 3. The number of nitrogens with zero attached hydrogens (tertiary/aromatic N) is 1. The maximum atomic E-state index is 12.6. The molecule has 1 rings (SSSR count). The number of ether oxygens (including phenoxy) is 1. The number of rotatable bonds is 5. The van der Waals surface area contributed by atoms with Gasteiger partial charge >= 0.3 is 0 Å². The van der Waals surface area contributed by atoms with E-state index in [1.165, 1.54) is 0 Å². The van der Waals surface area contributed by atoms with Crippen LogP contribution in [0, 0.1) is 0 Å². The first-order chi connectivity index (χ1) is 9.27. The number of amides is 1. The number of carbonyl (C=O) groups is 1.